The first-order chi connectivity index (χ1) is 12.3. The summed E-state index contributed by atoms with van der Waals surface area (Å²) in [5.41, 5.74) is 2.26. The molecule has 0 fully saturated rings. The Morgan fingerprint density at radius 1 is 1.23 bits per heavy atom. The first kappa shape index (κ1) is 22.1. The van der Waals surface area contributed by atoms with Crippen LogP contribution in [-0.2, 0) is 13.1 Å². The molecule has 0 atom stereocenters. The molecule has 5 nitrogen and oxygen atoms in total. The van der Waals surface area contributed by atoms with Crippen LogP contribution in [0.2, 0.25) is 0 Å². The van der Waals surface area contributed by atoms with Crippen LogP contribution in [0.25, 0.3) is 0 Å². The Balaban J connectivity index is 0.00000338. The van der Waals surface area contributed by atoms with Gasteiger partial charge >= 0.3 is 0 Å². The molecule has 2 N–H and O–H groups in total. The van der Waals surface area contributed by atoms with Gasteiger partial charge in [-0.05, 0) is 47.0 Å². The van der Waals surface area contributed by atoms with E-state index in [2.05, 4.69) is 38.4 Å². The van der Waals surface area contributed by atoms with E-state index in [1.54, 1.807) is 18.4 Å². The first-order valence-electron chi connectivity index (χ1n) is 8.03. The van der Waals surface area contributed by atoms with Crippen molar-refractivity contribution in [3.63, 3.8) is 0 Å². The van der Waals surface area contributed by atoms with Crippen molar-refractivity contribution in [3.05, 3.63) is 46.2 Å². The topological polar surface area (TPSA) is 54.9 Å². The van der Waals surface area contributed by atoms with Gasteiger partial charge in [0.25, 0.3) is 0 Å². The molecule has 140 valence electrons. The summed E-state index contributed by atoms with van der Waals surface area (Å²) >= 11 is 1.68. The molecule has 1 aromatic heterocycles. The maximum absolute atomic E-state index is 5.54. The number of nitrogens with one attached hydrogen (secondary N) is 2. The van der Waals surface area contributed by atoms with Crippen LogP contribution in [0.1, 0.15) is 18.1 Å². The van der Waals surface area contributed by atoms with E-state index in [4.69, 9.17) is 15.9 Å². The molecule has 2 rings (SSSR count). The Labute approximate surface area is 176 Å². The lowest BCUT2D eigenvalue weighted by atomic mass is 10.2. The van der Waals surface area contributed by atoms with Crippen molar-refractivity contribution in [1.29, 1.82) is 0 Å². The van der Waals surface area contributed by atoms with Gasteiger partial charge < -0.3 is 20.1 Å². The second kappa shape index (κ2) is 12.4. The number of rotatable bonds is 8. The predicted octanol–water partition coefficient (Wildman–Crippen LogP) is 3.64. The molecule has 0 unspecified atom stereocenters. The van der Waals surface area contributed by atoms with Crippen molar-refractivity contribution in [3.8, 4) is 23.8 Å². The predicted molar refractivity (Wildman–Crippen MR) is 119 cm³/mol. The average Bonchev–Trinajstić information content (AvgIpc) is 3.16. The highest BCUT2D eigenvalue weighted by atomic mass is 127. The Bertz CT molecular complexity index is 727. The molecule has 0 saturated heterocycles. The third-order valence-electron chi connectivity index (χ3n) is 3.34. The smallest absolute Gasteiger partial charge is 0.191 e. The zero-order chi connectivity index (χ0) is 17.9. The van der Waals surface area contributed by atoms with Crippen molar-refractivity contribution >= 4 is 41.3 Å². The van der Waals surface area contributed by atoms with E-state index in [0.717, 1.165) is 18.1 Å². The number of terminal acetylenes is 1. The minimum absolute atomic E-state index is 0. The SMILES string of the molecule is C#CCOc1cc(CNC(=NCc2ccsc2)NCC)ccc1OC.I. The Morgan fingerprint density at radius 3 is 2.73 bits per heavy atom. The van der Waals surface area contributed by atoms with Crippen LogP contribution in [0, 0.1) is 12.3 Å². The fourth-order valence-electron chi connectivity index (χ4n) is 2.14. The third kappa shape index (κ3) is 7.14. The highest BCUT2D eigenvalue weighted by Gasteiger charge is 2.06. The van der Waals surface area contributed by atoms with E-state index in [1.165, 1.54) is 5.56 Å². The number of aliphatic imine (C=N–C) groups is 1. The highest BCUT2D eigenvalue weighted by Crippen LogP contribution is 2.27. The van der Waals surface area contributed by atoms with E-state index in [0.29, 0.717) is 24.6 Å². The second-order valence-corrected chi connectivity index (χ2v) is 5.94. The molecule has 0 spiro atoms. The molecule has 0 aliphatic rings. The zero-order valence-electron chi connectivity index (χ0n) is 15.0. The molecule has 0 radical (unpaired) electrons. The number of hydrogen-bond acceptors (Lipinski definition) is 4. The molecule has 0 aliphatic heterocycles. The molecule has 0 amide bonds. The number of ether oxygens (including phenoxy) is 2. The maximum Gasteiger partial charge on any atom is 0.191 e. The van der Waals surface area contributed by atoms with Crippen LogP contribution in [0.15, 0.2) is 40.0 Å². The van der Waals surface area contributed by atoms with Gasteiger partial charge in [-0.2, -0.15) is 11.3 Å². The van der Waals surface area contributed by atoms with Crippen LogP contribution >= 0.6 is 35.3 Å². The lowest BCUT2D eigenvalue weighted by molar-refractivity contribution is 0.330. The lowest BCUT2D eigenvalue weighted by Crippen LogP contribution is -2.36. The summed E-state index contributed by atoms with van der Waals surface area (Å²) in [5.74, 6) is 4.54. The summed E-state index contributed by atoms with van der Waals surface area (Å²) in [6.45, 7) is 4.32. The Kier molecular flexibility index (Phi) is 10.6. The first-order valence-corrected chi connectivity index (χ1v) is 8.97. The summed E-state index contributed by atoms with van der Waals surface area (Å²) < 4.78 is 10.8. The molecule has 1 heterocycles. The number of guanidine groups is 1. The fraction of sp³-hybridized carbons (Fsp3) is 0.316. The molecule has 26 heavy (non-hydrogen) atoms. The van der Waals surface area contributed by atoms with Gasteiger partial charge in [0.2, 0.25) is 0 Å². The van der Waals surface area contributed by atoms with Crippen LogP contribution in [0.4, 0.5) is 0 Å². The average molecular weight is 485 g/mol. The lowest BCUT2D eigenvalue weighted by Gasteiger charge is -2.13. The van der Waals surface area contributed by atoms with Crippen molar-refractivity contribution in [2.24, 2.45) is 4.99 Å². The molecule has 0 saturated carbocycles. The van der Waals surface area contributed by atoms with Gasteiger partial charge in [0.05, 0.1) is 13.7 Å². The second-order valence-electron chi connectivity index (χ2n) is 5.16. The summed E-state index contributed by atoms with van der Waals surface area (Å²) in [4.78, 5) is 4.60. The normalized spacial score (nSPS) is 10.4. The van der Waals surface area contributed by atoms with Gasteiger partial charge in [-0.15, -0.1) is 30.4 Å². The summed E-state index contributed by atoms with van der Waals surface area (Å²) in [7, 11) is 1.61. The van der Waals surface area contributed by atoms with Crippen LogP contribution < -0.4 is 20.1 Å². The fourth-order valence-corrected chi connectivity index (χ4v) is 2.80. The van der Waals surface area contributed by atoms with Gasteiger partial charge in [0.1, 0.15) is 6.61 Å². The Morgan fingerprint density at radius 2 is 2.08 bits per heavy atom. The molecule has 0 aliphatic carbocycles. The zero-order valence-corrected chi connectivity index (χ0v) is 18.1. The van der Waals surface area contributed by atoms with Gasteiger partial charge in [0.15, 0.2) is 17.5 Å². The van der Waals surface area contributed by atoms with E-state index in [-0.39, 0.29) is 30.6 Å². The molecular weight excluding hydrogens is 461 g/mol. The van der Waals surface area contributed by atoms with Gasteiger partial charge in [-0.25, -0.2) is 4.99 Å². The van der Waals surface area contributed by atoms with E-state index >= 15 is 0 Å². The molecular formula is C19H24IN3O2S. The van der Waals surface area contributed by atoms with Crippen molar-refractivity contribution < 1.29 is 9.47 Å². The van der Waals surface area contributed by atoms with Crippen LogP contribution in [0.3, 0.4) is 0 Å². The van der Waals surface area contributed by atoms with Gasteiger partial charge in [-0.1, -0.05) is 12.0 Å². The van der Waals surface area contributed by atoms with E-state index in [9.17, 15) is 0 Å². The number of thiophene rings is 1. The van der Waals surface area contributed by atoms with E-state index < -0.39 is 0 Å². The monoisotopic (exact) mass is 485 g/mol. The number of halogens is 1. The van der Waals surface area contributed by atoms with Crippen molar-refractivity contribution in [2.45, 2.75) is 20.0 Å². The number of hydrogen-bond donors (Lipinski definition) is 2. The molecule has 7 heteroatoms. The summed E-state index contributed by atoms with van der Waals surface area (Å²) in [6, 6.07) is 7.86. The number of benzene rings is 1. The minimum atomic E-state index is 0. The third-order valence-corrected chi connectivity index (χ3v) is 4.08. The minimum Gasteiger partial charge on any atom is -0.493 e. The van der Waals surface area contributed by atoms with Crippen LogP contribution in [0.5, 0.6) is 11.5 Å². The van der Waals surface area contributed by atoms with Gasteiger partial charge in [-0.3, -0.25) is 0 Å². The van der Waals surface area contributed by atoms with Crippen molar-refractivity contribution in [1.82, 2.24) is 10.6 Å². The Hall–Kier alpha value is -1.92. The van der Waals surface area contributed by atoms with Crippen LogP contribution in [-0.4, -0.2) is 26.2 Å². The van der Waals surface area contributed by atoms with Gasteiger partial charge in [0, 0.05) is 13.1 Å². The standard InChI is InChI=1S/C19H23N3O2S.HI/c1-4-9-24-18-11-15(6-7-17(18)23-3)12-21-19(20-5-2)22-13-16-8-10-25-14-16;/h1,6-8,10-11,14H,5,9,12-13H2,2-3H3,(H2,20,21,22);1H. The van der Waals surface area contributed by atoms with E-state index in [1.807, 2.05) is 25.1 Å². The quantitative estimate of drug-likeness (QED) is 0.260. The largest absolute Gasteiger partial charge is 0.493 e. The number of nitrogens with zero attached hydrogens (tertiary/aromatic N) is 1. The maximum atomic E-state index is 5.54. The summed E-state index contributed by atoms with van der Waals surface area (Å²) in [5, 5.41) is 10.7. The highest BCUT2D eigenvalue weighted by molar-refractivity contribution is 14.0. The molecule has 0 bridgehead atoms. The molecule has 1 aromatic carbocycles. The van der Waals surface area contributed by atoms with Crippen molar-refractivity contribution in [2.75, 3.05) is 20.3 Å². The summed E-state index contributed by atoms with van der Waals surface area (Å²) in [6.07, 6.45) is 5.26. The number of methoxy groups -OCH3 is 1. The molecule has 2 aromatic rings.